The summed E-state index contributed by atoms with van der Waals surface area (Å²) in [6, 6.07) is 0. The van der Waals surface area contributed by atoms with E-state index in [1.54, 1.807) is 13.8 Å². The van der Waals surface area contributed by atoms with E-state index >= 15 is 0 Å². The van der Waals surface area contributed by atoms with Crippen LogP contribution in [-0.2, 0) is 42.9 Å². The van der Waals surface area contributed by atoms with Crippen LogP contribution in [0, 0.1) is 38.9 Å². The van der Waals surface area contributed by atoms with Gasteiger partial charge >= 0.3 is 23.9 Å². The number of fused-ring (bicyclic) bond motifs is 3. The fraction of sp³-hybridized carbons (Fsp3) is 0.700. The van der Waals surface area contributed by atoms with Crippen molar-refractivity contribution >= 4 is 29.7 Å². The number of esters is 4. The van der Waals surface area contributed by atoms with Crippen LogP contribution in [0.2, 0.25) is 0 Å². The number of carbonyl (C=O) groups is 5. The average Bonchev–Trinajstić information content (AvgIpc) is 3.17. The molecule has 9 heteroatoms. The molecule has 212 valence electrons. The minimum Gasteiger partial charge on any atom is -0.468 e. The summed E-state index contributed by atoms with van der Waals surface area (Å²) in [4.78, 5) is 66.7. The Hall–Kier alpha value is -2.97. The van der Waals surface area contributed by atoms with Crippen molar-refractivity contribution in [3.8, 4) is 0 Å². The van der Waals surface area contributed by atoms with Crippen LogP contribution < -0.4 is 0 Å². The topological polar surface area (TPSA) is 122 Å². The second kappa shape index (κ2) is 8.04. The van der Waals surface area contributed by atoms with Crippen molar-refractivity contribution in [1.29, 1.82) is 0 Å². The third-order valence-electron chi connectivity index (χ3n) is 11.2. The second-order valence-electron chi connectivity index (χ2n) is 13.1. The third-order valence-corrected chi connectivity index (χ3v) is 11.2. The van der Waals surface area contributed by atoms with Crippen molar-refractivity contribution in [2.24, 2.45) is 38.9 Å². The summed E-state index contributed by atoms with van der Waals surface area (Å²) in [5.74, 6) is -3.21. The van der Waals surface area contributed by atoms with Crippen LogP contribution in [0.1, 0.15) is 74.7 Å². The zero-order valence-electron chi connectivity index (χ0n) is 24.2. The molecular formula is C30H38O9. The van der Waals surface area contributed by atoms with Crippen LogP contribution in [-0.4, -0.2) is 49.0 Å². The zero-order valence-corrected chi connectivity index (χ0v) is 24.2. The predicted octanol–water partition coefficient (Wildman–Crippen LogP) is 3.84. The number of rotatable bonds is 3. The fourth-order valence-corrected chi connectivity index (χ4v) is 9.88. The number of Topliss-reactive ketones (excluding diaryl/α,β-unsaturated/α-hetero) is 1. The molecule has 1 aliphatic heterocycles. The van der Waals surface area contributed by atoms with E-state index in [4.69, 9.17) is 18.9 Å². The number of methoxy groups -OCH3 is 1. The van der Waals surface area contributed by atoms with Gasteiger partial charge in [-0.05, 0) is 40.0 Å². The number of carbonyl (C=O) groups excluding carboxylic acids is 5. The van der Waals surface area contributed by atoms with Crippen LogP contribution in [0.5, 0.6) is 0 Å². The summed E-state index contributed by atoms with van der Waals surface area (Å²) in [7, 11) is 1.25. The first-order chi connectivity index (χ1) is 18.0. The summed E-state index contributed by atoms with van der Waals surface area (Å²) in [5.41, 5.74) is -5.01. The van der Waals surface area contributed by atoms with Gasteiger partial charge < -0.3 is 18.9 Å². The Bertz CT molecular complexity index is 1290. The van der Waals surface area contributed by atoms with Crippen molar-refractivity contribution in [2.75, 3.05) is 7.11 Å². The lowest BCUT2D eigenvalue weighted by atomic mass is 9.33. The maximum absolute atomic E-state index is 14.5. The number of hydrogen-bond donors (Lipinski definition) is 0. The Morgan fingerprint density at radius 1 is 1.03 bits per heavy atom. The van der Waals surface area contributed by atoms with E-state index in [2.05, 4.69) is 0 Å². The van der Waals surface area contributed by atoms with Gasteiger partial charge in [0.2, 0.25) is 0 Å². The highest BCUT2D eigenvalue weighted by Gasteiger charge is 2.85. The van der Waals surface area contributed by atoms with Crippen molar-refractivity contribution in [1.82, 2.24) is 0 Å². The van der Waals surface area contributed by atoms with Gasteiger partial charge in [-0.3, -0.25) is 24.0 Å². The highest BCUT2D eigenvalue weighted by molar-refractivity contribution is 6.17. The average molecular weight is 543 g/mol. The highest BCUT2D eigenvalue weighted by Crippen LogP contribution is 2.79. The summed E-state index contributed by atoms with van der Waals surface area (Å²) >= 11 is 0. The molecule has 2 saturated carbocycles. The summed E-state index contributed by atoms with van der Waals surface area (Å²) in [6.07, 6.45) is 2.02. The van der Waals surface area contributed by atoms with Gasteiger partial charge in [-0.15, -0.1) is 0 Å². The minimum absolute atomic E-state index is 0.150. The van der Waals surface area contributed by atoms with Crippen LogP contribution in [0.15, 0.2) is 23.0 Å². The van der Waals surface area contributed by atoms with Gasteiger partial charge in [0.15, 0.2) is 11.2 Å². The summed E-state index contributed by atoms with van der Waals surface area (Å²) in [6.45, 7) is 13.7. The first-order valence-corrected chi connectivity index (χ1v) is 13.6. The molecule has 2 bridgehead atoms. The van der Waals surface area contributed by atoms with E-state index in [1.807, 2.05) is 33.8 Å². The lowest BCUT2D eigenvalue weighted by Gasteiger charge is -2.66. The van der Waals surface area contributed by atoms with Crippen LogP contribution >= 0.6 is 0 Å². The maximum Gasteiger partial charge on any atom is 0.321 e. The molecule has 39 heavy (non-hydrogen) atoms. The summed E-state index contributed by atoms with van der Waals surface area (Å²) < 4.78 is 23.0. The van der Waals surface area contributed by atoms with Crippen molar-refractivity contribution < 1.29 is 42.9 Å². The van der Waals surface area contributed by atoms with Gasteiger partial charge in [-0.25, -0.2) is 0 Å². The van der Waals surface area contributed by atoms with Gasteiger partial charge in [0, 0.05) is 42.1 Å². The van der Waals surface area contributed by atoms with E-state index in [9.17, 15) is 24.0 Å². The SMILES string of the molecule is COC(=O)[C@]12C(=O)C(C)=C(OC(C)=O)[C@@]1(C)C(C)=C[C@@H]1[C@@]34CC[C@@H](OC(C)=O)C(C)(C)[C@@H]3[C@@H](C[C@]12C)OC4=O. The Morgan fingerprint density at radius 3 is 2.23 bits per heavy atom. The molecule has 9 nitrogen and oxygen atoms in total. The molecule has 1 saturated heterocycles. The molecule has 0 aromatic rings. The molecule has 0 aromatic carbocycles. The first kappa shape index (κ1) is 27.6. The van der Waals surface area contributed by atoms with E-state index in [0.29, 0.717) is 18.4 Å². The number of hydrogen-bond acceptors (Lipinski definition) is 9. The van der Waals surface area contributed by atoms with Crippen LogP contribution in [0.3, 0.4) is 0 Å². The second-order valence-corrected chi connectivity index (χ2v) is 13.1. The predicted molar refractivity (Wildman–Crippen MR) is 136 cm³/mol. The van der Waals surface area contributed by atoms with Crippen LogP contribution in [0.25, 0.3) is 0 Å². The van der Waals surface area contributed by atoms with E-state index in [-0.39, 0.29) is 35.6 Å². The molecule has 0 unspecified atom stereocenters. The van der Waals surface area contributed by atoms with Crippen LogP contribution in [0.4, 0.5) is 0 Å². The van der Waals surface area contributed by atoms with E-state index in [1.165, 1.54) is 21.0 Å². The Balaban J connectivity index is 1.79. The molecule has 4 aliphatic carbocycles. The summed E-state index contributed by atoms with van der Waals surface area (Å²) in [5, 5.41) is 0. The molecule has 0 radical (unpaired) electrons. The third kappa shape index (κ3) is 2.84. The lowest BCUT2D eigenvalue weighted by Crippen LogP contribution is -2.71. The molecule has 5 aliphatic rings. The molecule has 0 amide bonds. The highest BCUT2D eigenvalue weighted by atomic mass is 16.6. The zero-order chi connectivity index (χ0) is 29.1. The molecule has 8 atom stereocenters. The fourth-order valence-electron chi connectivity index (χ4n) is 9.88. The molecule has 5 rings (SSSR count). The first-order valence-electron chi connectivity index (χ1n) is 13.6. The molecule has 1 heterocycles. The Morgan fingerprint density at radius 2 is 1.67 bits per heavy atom. The van der Waals surface area contributed by atoms with Crippen molar-refractivity contribution in [2.45, 2.75) is 86.9 Å². The Labute approximate surface area is 228 Å². The van der Waals surface area contributed by atoms with Gasteiger partial charge in [0.05, 0.1) is 17.9 Å². The maximum atomic E-state index is 14.5. The molecule has 3 fully saturated rings. The van der Waals surface area contributed by atoms with Crippen molar-refractivity contribution in [3.63, 3.8) is 0 Å². The minimum atomic E-state index is -1.78. The molecular weight excluding hydrogens is 504 g/mol. The van der Waals surface area contributed by atoms with Gasteiger partial charge in [0.25, 0.3) is 0 Å². The number of allylic oxidation sites excluding steroid dienone is 3. The number of ketones is 1. The number of ether oxygens (including phenoxy) is 4. The van der Waals surface area contributed by atoms with Gasteiger partial charge in [-0.2, -0.15) is 0 Å². The van der Waals surface area contributed by atoms with Crippen molar-refractivity contribution in [3.05, 3.63) is 23.0 Å². The smallest absolute Gasteiger partial charge is 0.321 e. The molecule has 0 aromatic heterocycles. The van der Waals surface area contributed by atoms with E-state index < -0.39 is 62.9 Å². The van der Waals surface area contributed by atoms with Gasteiger partial charge in [-0.1, -0.05) is 32.4 Å². The molecule has 0 spiro atoms. The standard InChI is InChI=1S/C30H38O9/c1-14-12-19-27(7,30(25(35)36-9)22(33)15(2)23(28(14,30)8)38-17(4)32)13-18-21-26(5,6)20(37-16(3)31)10-11-29(19,21)24(34)39-18/h12,18-21H,10-11,13H2,1-9H3/t18-,19+,20-,21+,27-,28-,29+,30+/m1/s1. The van der Waals surface area contributed by atoms with Gasteiger partial charge in [0.1, 0.15) is 18.0 Å². The van der Waals surface area contributed by atoms with E-state index in [0.717, 1.165) is 0 Å². The Kier molecular flexibility index (Phi) is 5.69. The normalized spacial score (nSPS) is 43.5. The lowest BCUT2D eigenvalue weighted by molar-refractivity contribution is -0.217. The monoisotopic (exact) mass is 542 g/mol. The largest absolute Gasteiger partial charge is 0.468 e. The molecule has 0 N–H and O–H groups in total. The quantitative estimate of drug-likeness (QED) is 0.227.